The Balaban J connectivity index is 2.99. The molecule has 0 unspecified atom stereocenters. The molecule has 1 heterocycles. The lowest BCUT2D eigenvalue weighted by atomic mass is 10.3. The van der Waals surface area contributed by atoms with E-state index in [-0.39, 0.29) is 17.4 Å². The van der Waals surface area contributed by atoms with Gasteiger partial charge in [-0.3, -0.25) is 4.79 Å². The summed E-state index contributed by atoms with van der Waals surface area (Å²) in [6, 6.07) is 0.0806. The summed E-state index contributed by atoms with van der Waals surface area (Å²) in [5.41, 5.74) is 5.31. The summed E-state index contributed by atoms with van der Waals surface area (Å²) in [6.07, 6.45) is 3.67. The third-order valence-electron chi connectivity index (χ3n) is 2.85. The summed E-state index contributed by atoms with van der Waals surface area (Å²) in [5, 5.41) is 11.4. The average molecular weight is 267 g/mol. The molecule has 3 N–H and O–H groups in total. The molecule has 0 radical (unpaired) electrons. The van der Waals surface area contributed by atoms with E-state index in [9.17, 15) is 4.79 Å². The first kappa shape index (κ1) is 15.0. The fourth-order valence-corrected chi connectivity index (χ4v) is 1.75. The van der Waals surface area contributed by atoms with E-state index >= 15 is 0 Å². The quantitative estimate of drug-likeness (QED) is 0.344. The summed E-state index contributed by atoms with van der Waals surface area (Å²) in [4.78, 5) is 18.2. The molecule has 0 spiro atoms. The highest BCUT2D eigenvalue weighted by molar-refractivity contribution is 5.80. The minimum Gasteiger partial charge on any atom is -0.409 e. The van der Waals surface area contributed by atoms with Crippen molar-refractivity contribution in [2.24, 2.45) is 10.9 Å². The van der Waals surface area contributed by atoms with Crippen LogP contribution in [0, 0.1) is 0 Å². The minimum atomic E-state index is -0.126. The number of anilines is 1. The Kier molecular flexibility index (Phi) is 5.35. The summed E-state index contributed by atoms with van der Waals surface area (Å²) in [6.45, 7) is 6.93. The summed E-state index contributed by atoms with van der Waals surface area (Å²) < 4.78 is 1.63. The van der Waals surface area contributed by atoms with Crippen LogP contribution < -0.4 is 16.2 Å². The minimum absolute atomic E-state index is 0.0806. The van der Waals surface area contributed by atoms with Crippen LogP contribution in [0.1, 0.15) is 33.2 Å². The number of amidine groups is 1. The van der Waals surface area contributed by atoms with Crippen LogP contribution in [0.2, 0.25) is 0 Å². The van der Waals surface area contributed by atoms with Crippen molar-refractivity contribution in [3.8, 4) is 0 Å². The van der Waals surface area contributed by atoms with E-state index in [1.807, 2.05) is 25.7 Å². The zero-order valence-corrected chi connectivity index (χ0v) is 11.6. The van der Waals surface area contributed by atoms with E-state index in [1.165, 1.54) is 0 Å². The Morgan fingerprint density at radius 2 is 2.32 bits per heavy atom. The molecule has 0 fully saturated rings. The topological polar surface area (TPSA) is 96.7 Å². The molecule has 7 nitrogen and oxygen atoms in total. The van der Waals surface area contributed by atoms with Crippen LogP contribution in [0.5, 0.6) is 0 Å². The van der Waals surface area contributed by atoms with Crippen molar-refractivity contribution in [2.45, 2.75) is 33.2 Å². The van der Waals surface area contributed by atoms with Crippen molar-refractivity contribution in [3.05, 3.63) is 22.7 Å². The maximum Gasteiger partial charge on any atom is 0.293 e. The number of nitrogens with zero attached hydrogens (tertiary/aromatic N) is 4. The van der Waals surface area contributed by atoms with Crippen molar-refractivity contribution in [1.82, 2.24) is 9.55 Å². The molecule has 0 aromatic carbocycles. The Labute approximate surface area is 112 Å². The highest BCUT2D eigenvalue weighted by atomic mass is 16.4. The molecule has 1 aromatic heterocycles. The first-order valence-corrected chi connectivity index (χ1v) is 6.29. The van der Waals surface area contributed by atoms with Gasteiger partial charge in [-0.1, -0.05) is 5.16 Å². The van der Waals surface area contributed by atoms with E-state index in [4.69, 9.17) is 10.9 Å². The van der Waals surface area contributed by atoms with Crippen molar-refractivity contribution in [2.75, 3.05) is 18.0 Å². The zero-order chi connectivity index (χ0) is 14.4. The molecule has 1 rings (SSSR count). The van der Waals surface area contributed by atoms with Gasteiger partial charge < -0.3 is 20.4 Å². The Morgan fingerprint density at radius 3 is 2.84 bits per heavy atom. The van der Waals surface area contributed by atoms with Crippen LogP contribution in [0.3, 0.4) is 0 Å². The molecule has 106 valence electrons. The van der Waals surface area contributed by atoms with Crippen LogP contribution in [0.25, 0.3) is 0 Å². The van der Waals surface area contributed by atoms with Crippen LogP contribution in [-0.2, 0) is 0 Å². The molecule has 0 amide bonds. The van der Waals surface area contributed by atoms with Gasteiger partial charge in [0.2, 0.25) is 0 Å². The van der Waals surface area contributed by atoms with Crippen molar-refractivity contribution >= 4 is 11.7 Å². The summed E-state index contributed by atoms with van der Waals surface area (Å²) in [7, 11) is 0. The summed E-state index contributed by atoms with van der Waals surface area (Å²) in [5.74, 6) is 0.531. The summed E-state index contributed by atoms with van der Waals surface area (Å²) >= 11 is 0. The van der Waals surface area contributed by atoms with E-state index in [0.29, 0.717) is 25.3 Å². The van der Waals surface area contributed by atoms with Crippen molar-refractivity contribution < 1.29 is 5.21 Å². The molecule has 0 saturated heterocycles. The highest BCUT2D eigenvalue weighted by Gasteiger charge is 2.13. The number of hydrogen-bond donors (Lipinski definition) is 2. The largest absolute Gasteiger partial charge is 0.409 e. The van der Waals surface area contributed by atoms with Gasteiger partial charge in [0.25, 0.3) is 5.56 Å². The van der Waals surface area contributed by atoms with Crippen molar-refractivity contribution in [1.29, 1.82) is 0 Å². The van der Waals surface area contributed by atoms with Crippen LogP contribution in [-0.4, -0.2) is 33.7 Å². The molecule has 0 aliphatic carbocycles. The smallest absolute Gasteiger partial charge is 0.293 e. The standard InChI is InChI=1S/C12H21N5O2/c1-4-16(7-5-10(13)15-19)11-12(18)17(9(2)3)8-6-14-11/h6,8-9,19H,4-5,7H2,1-3H3,(H2,13,15). The van der Waals surface area contributed by atoms with E-state index in [0.717, 1.165) is 0 Å². The lowest BCUT2D eigenvalue weighted by Crippen LogP contribution is -2.35. The maximum atomic E-state index is 12.3. The number of rotatable bonds is 6. The van der Waals surface area contributed by atoms with E-state index < -0.39 is 0 Å². The van der Waals surface area contributed by atoms with Gasteiger partial charge in [-0.05, 0) is 20.8 Å². The fourth-order valence-electron chi connectivity index (χ4n) is 1.75. The van der Waals surface area contributed by atoms with Gasteiger partial charge in [0, 0.05) is 37.9 Å². The van der Waals surface area contributed by atoms with Gasteiger partial charge >= 0.3 is 0 Å². The molecule has 0 aliphatic rings. The first-order chi connectivity index (χ1) is 9.01. The molecule has 0 aliphatic heterocycles. The highest BCUT2D eigenvalue weighted by Crippen LogP contribution is 2.07. The van der Waals surface area contributed by atoms with Crippen LogP contribution in [0.15, 0.2) is 22.3 Å². The van der Waals surface area contributed by atoms with Gasteiger partial charge in [0.05, 0.1) is 0 Å². The molecule has 1 aromatic rings. The van der Waals surface area contributed by atoms with Crippen LogP contribution >= 0.6 is 0 Å². The van der Waals surface area contributed by atoms with Gasteiger partial charge in [-0.2, -0.15) is 0 Å². The van der Waals surface area contributed by atoms with Gasteiger partial charge in [0.15, 0.2) is 5.82 Å². The molecule has 7 heteroatoms. The molecule has 0 atom stereocenters. The number of nitrogens with two attached hydrogens (primary N) is 1. The molecular weight excluding hydrogens is 246 g/mol. The third-order valence-corrected chi connectivity index (χ3v) is 2.85. The second kappa shape index (κ2) is 6.77. The van der Waals surface area contributed by atoms with Crippen molar-refractivity contribution in [3.63, 3.8) is 0 Å². The van der Waals surface area contributed by atoms with E-state index in [1.54, 1.807) is 17.0 Å². The lowest BCUT2D eigenvalue weighted by Gasteiger charge is -2.22. The van der Waals surface area contributed by atoms with Gasteiger partial charge in [-0.15, -0.1) is 0 Å². The first-order valence-electron chi connectivity index (χ1n) is 6.29. The van der Waals surface area contributed by atoms with Gasteiger partial charge in [0.1, 0.15) is 5.84 Å². The molecule has 19 heavy (non-hydrogen) atoms. The number of hydrogen-bond acceptors (Lipinski definition) is 5. The van der Waals surface area contributed by atoms with Crippen LogP contribution in [0.4, 0.5) is 5.82 Å². The SMILES string of the molecule is CCN(CCC(N)=NO)c1nccn(C(C)C)c1=O. The molecule has 0 saturated carbocycles. The van der Waals surface area contributed by atoms with Gasteiger partial charge in [-0.25, -0.2) is 4.98 Å². The maximum absolute atomic E-state index is 12.3. The number of oxime groups is 1. The normalized spacial score (nSPS) is 11.9. The monoisotopic (exact) mass is 267 g/mol. The predicted octanol–water partition coefficient (Wildman–Crippen LogP) is 0.787. The fraction of sp³-hybridized carbons (Fsp3) is 0.583. The van der Waals surface area contributed by atoms with E-state index in [2.05, 4.69) is 10.1 Å². The number of aromatic nitrogens is 2. The Morgan fingerprint density at radius 1 is 1.63 bits per heavy atom. The Bertz CT molecular complexity index is 495. The Hall–Kier alpha value is -2.05. The lowest BCUT2D eigenvalue weighted by molar-refractivity contribution is 0.317. The molecule has 0 bridgehead atoms. The predicted molar refractivity (Wildman–Crippen MR) is 74.8 cm³/mol. The zero-order valence-electron chi connectivity index (χ0n) is 11.6. The second-order valence-corrected chi connectivity index (χ2v) is 4.48. The third kappa shape index (κ3) is 3.70. The average Bonchev–Trinajstić information content (AvgIpc) is 2.40. The molecular formula is C12H21N5O2. The second-order valence-electron chi connectivity index (χ2n) is 4.48.